The second-order valence-electron chi connectivity index (χ2n) is 8.81. The predicted octanol–water partition coefficient (Wildman–Crippen LogP) is 2.68. The molecule has 8 nitrogen and oxygen atoms in total. The monoisotopic (exact) mass is 420 g/mol. The van der Waals surface area contributed by atoms with Gasteiger partial charge in [0.2, 0.25) is 0 Å². The molecule has 1 aromatic carbocycles. The summed E-state index contributed by atoms with van der Waals surface area (Å²) in [4.78, 5) is 16.7. The first kappa shape index (κ1) is 21.0. The quantitative estimate of drug-likeness (QED) is 0.637. The number of aromatic nitrogens is 4. The zero-order chi connectivity index (χ0) is 22.0. The smallest absolute Gasteiger partial charge is 0.273 e. The number of nitrogens with zero attached hydrogens (tertiary/aromatic N) is 4. The van der Waals surface area contributed by atoms with Crippen LogP contribution < -0.4 is 15.4 Å². The Labute approximate surface area is 182 Å². The van der Waals surface area contributed by atoms with Crippen LogP contribution in [0.2, 0.25) is 0 Å². The molecule has 1 saturated heterocycles. The van der Waals surface area contributed by atoms with Crippen molar-refractivity contribution in [2.45, 2.75) is 45.9 Å². The van der Waals surface area contributed by atoms with Crippen molar-refractivity contribution in [3.8, 4) is 16.9 Å². The molecule has 3 heterocycles. The molecule has 0 atom stereocenters. The highest BCUT2D eigenvalue weighted by molar-refractivity contribution is 5.91. The predicted molar refractivity (Wildman–Crippen MR) is 118 cm³/mol. The summed E-state index contributed by atoms with van der Waals surface area (Å²) in [5.74, 6) is 0.550. The van der Waals surface area contributed by atoms with Crippen LogP contribution in [-0.2, 0) is 12.1 Å². The normalized spacial score (nSPS) is 14.2. The zero-order valence-corrected chi connectivity index (χ0v) is 18.3. The summed E-state index contributed by atoms with van der Waals surface area (Å²) in [5, 5.41) is 14.2. The summed E-state index contributed by atoms with van der Waals surface area (Å²) in [6.45, 7) is 10.2. The lowest BCUT2D eigenvalue weighted by Gasteiger charge is -2.28. The van der Waals surface area contributed by atoms with Crippen LogP contribution in [0.25, 0.3) is 11.1 Å². The molecule has 31 heavy (non-hydrogen) atoms. The second-order valence-corrected chi connectivity index (χ2v) is 8.81. The molecule has 8 heteroatoms. The topological polar surface area (TPSA) is 94.0 Å². The molecule has 0 unspecified atom stereocenters. The maximum atomic E-state index is 12.5. The number of aryl methyl sites for hydroxylation is 1. The van der Waals surface area contributed by atoms with Crippen LogP contribution in [0.4, 0.5) is 0 Å². The van der Waals surface area contributed by atoms with E-state index in [4.69, 9.17) is 4.74 Å². The average Bonchev–Trinajstić information content (AvgIpc) is 3.21. The number of hydrogen-bond acceptors (Lipinski definition) is 6. The largest absolute Gasteiger partial charge is 0.486 e. The molecular weight excluding hydrogens is 392 g/mol. The second kappa shape index (κ2) is 8.47. The molecule has 1 fully saturated rings. The van der Waals surface area contributed by atoms with Crippen molar-refractivity contribution >= 4 is 5.91 Å². The van der Waals surface area contributed by atoms with Crippen LogP contribution in [0.5, 0.6) is 5.75 Å². The van der Waals surface area contributed by atoms with Crippen LogP contribution in [0.1, 0.15) is 42.4 Å². The molecule has 1 aliphatic heterocycles. The highest BCUT2D eigenvalue weighted by Gasteiger charge is 2.21. The Bertz CT molecular complexity index is 1080. The lowest BCUT2D eigenvalue weighted by Crippen LogP contribution is -2.50. The summed E-state index contributed by atoms with van der Waals surface area (Å²) in [6, 6.07) is 8.16. The SMILES string of the molecule is Cc1cc(-c2ccncc2OC2CNC2)ccc1CNC(=O)c1cn(C(C)(C)C)nn1. The number of ether oxygens (including phenoxy) is 1. The lowest BCUT2D eigenvalue weighted by atomic mass is 10.00. The number of carbonyl (C=O) groups is 1. The van der Waals surface area contributed by atoms with Crippen LogP contribution in [0, 0.1) is 6.92 Å². The molecule has 2 N–H and O–H groups in total. The number of pyridine rings is 1. The standard InChI is InChI=1S/C23H28N6O2/c1-15-9-16(19-7-8-24-13-21(19)31-18-11-25-12-18)5-6-17(15)10-26-22(30)20-14-29(28-27-20)23(2,3)4/h5-9,13-14,18,25H,10-12H2,1-4H3,(H,26,30). The fourth-order valence-corrected chi connectivity index (χ4v) is 3.26. The molecule has 0 bridgehead atoms. The van der Waals surface area contributed by atoms with Gasteiger partial charge in [0.05, 0.1) is 17.9 Å². The number of carbonyl (C=O) groups excluding carboxylic acids is 1. The average molecular weight is 421 g/mol. The van der Waals surface area contributed by atoms with E-state index in [0.717, 1.165) is 41.1 Å². The fourth-order valence-electron chi connectivity index (χ4n) is 3.26. The van der Waals surface area contributed by atoms with Crippen molar-refractivity contribution in [3.63, 3.8) is 0 Å². The van der Waals surface area contributed by atoms with E-state index in [-0.39, 0.29) is 17.6 Å². The molecule has 0 spiro atoms. The molecule has 0 radical (unpaired) electrons. The minimum Gasteiger partial charge on any atom is -0.486 e. The Balaban J connectivity index is 1.45. The molecule has 3 aromatic rings. The van der Waals surface area contributed by atoms with Crippen molar-refractivity contribution in [2.24, 2.45) is 0 Å². The van der Waals surface area contributed by atoms with Crippen molar-refractivity contribution in [3.05, 3.63) is 59.7 Å². The maximum Gasteiger partial charge on any atom is 0.273 e. The van der Waals surface area contributed by atoms with Gasteiger partial charge in [-0.25, -0.2) is 4.68 Å². The van der Waals surface area contributed by atoms with Crippen LogP contribution in [0.3, 0.4) is 0 Å². The van der Waals surface area contributed by atoms with E-state index in [1.807, 2.05) is 45.9 Å². The first-order valence-corrected chi connectivity index (χ1v) is 10.4. The Kier molecular flexibility index (Phi) is 5.73. The van der Waals surface area contributed by atoms with Gasteiger partial charge in [0.25, 0.3) is 5.91 Å². The highest BCUT2D eigenvalue weighted by Crippen LogP contribution is 2.31. The van der Waals surface area contributed by atoms with Gasteiger partial charge < -0.3 is 15.4 Å². The van der Waals surface area contributed by atoms with Gasteiger partial charge in [-0.2, -0.15) is 0 Å². The van der Waals surface area contributed by atoms with E-state index in [1.54, 1.807) is 23.3 Å². The van der Waals surface area contributed by atoms with Gasteiger partial charge in [0.1, 0.15) is 11.9 Å². The number of amides is 1. The summed E-state index contributed by atoms with van der Waals surface area (Å²) >= 11 is 0. The van der Waals surface area contributed by atoms with E-state index in [2.05, 4.69) is 32.0 Å². The van der Waals surface area contributed by atoms with Crippen LogP contribution in [0.15, 0.2) is 42.9 Å². The summed E-state index contributed by atoms with van der Waals surface area (Å²) in [6.07, 6.45) is 5.40. The lowest BCUT2D eigenvalue weighted by molar-refractivity contribution is 0.0945. The molecule has 4 rings (SSSR count). The van der Waals surface area contributed by atoms with E-state index < -0.39 is 0 Å². The Morgan fingerprint density at radius 1 is 1.29 bits per heavy atom. The van der Waals surface area contributed by atoms with Gasteiger partial charge in [0.15, 0.2) is 5.69 Å². The first-order valence-electron chi connectivity index (χ1n) is 10.4. The summed E-state index contributed by atoms with van der Waals surface area (Å²) in [5.41, 5.74) is 4.30. The van der Waals surface area contributed by atoms with Crippen molar-refractivity contribution < 1.29 is 9.53 Å². The first-order chi connectivity index (χ1) is 14.8. The van der Waals surface area contributed by atoms with E-state index in [1.165, 1.54) is 0 Å². The van der Waals surface area contributed by atoms with Gasteiger partial charge in [-0.3, -0.25) is 9.78 Å². The van der Waals surface area contributed by atoms with Gasteiger partial charge in [0, 0.05) is 31.4 Å². The number of rotatable bonds is 6. The molecular formula is C23H28N6O2. The van der Waals surface area contributed by atoms with E-state index in [9.17, 15) is 4.79 Å². The van der Waals surface area contributed by atoms with Gasteiger partial charge in [-0.15, -0.1) is 5.10 Å². The van der Waals surface area contributed by atoms with Crippen molar-refractivity contribution in [1.82, 2.24) is 30.6 Å². The maximum absolute atomic E-state index is 12.5. The fraction of sp³-hybridized carbons (Fsp3) is 0.391. The number of nitrogens with one attached hydrogen (secondary N) is 2. The Morgan fingerprint density at radius 3 is 2.74 bits per heavy atom. The number of hydrogen-bond donors (Lipinski definition) is 2. The van der Waals surface area contributed by atoms with E-state index in [0.29, 0.717) is 12.2 Å². The van der Waals surface area contributed by atoms with Gasteiger partial charge in [-0.05, 0) is 50.5 Å². The van der Waals surface area contributed by atoms with Crippen LogP contribution in [-0.4, -0.2) is 45.1 Å². The minimum absolute atomic E-state index is 0.190. The number of benzene rings is 1. The molecule has 162 valence electrons. The molecule has 2 aromatic heterocycles. The molecule has 1 aliphatic rings. The third kappa shape index (κ3) is 4.74. The van der Waals surface area contributed by atoms with Gasteiger partial charge in [-0.1, -0.05) is 23.4 Å². The van der Waals surface area contributed by atoms with E-state index >= 15 is 0 Å². The van der Waals surface area contributed by atoms with Crippen LogP contribution >= 0.6 is 0 Å². The molecule has 0 saturated carbocycles. The minimum atomic E-state index is -0.238. The third-order valence-electron chi connectivity index (χ3n) is 5.33. The Morgan fingerprint density at radius 2 is 2.10 bits per heavy atom. The van der Waals surface area contributed by atoms with Crippen molar-refractivity contribution in [1.29, 1.82) is 0 Å². The summed E-state index contributed by atoms with van der Waals surface area (Å²) < 4.78 is 7.75. The third-order valence-corrected chi connectivity index (χ3v) is 5.33. The zero-order valence-electron chi connectivity index (χ0n) is 18.3. The Hall–Kier alpha value is -3.26. The van der Waals surface area contributed by atoms with Crippen molar-refractivity contribution in [2.75, 3.05) is 13.1 Å². The summed E-state index contributed by atoms with van der Waals surface area (Å²) in [7, 11) is 0. The highest BCUT2D eigenvalue weighted by atomic mass is 16.5. The van der Waals surface area contributed by atoms with Gasteiger partial charge >= 0.3 is 0 Å². The molecule has 0 aliphatic carbocycles. The molecule has 1 amide bonds.